The van der Waals surface area contributed by atoms with Crippen molar-refractivity contribution in [2.75, 3.05) is 6.54 Å². The summed E-state index contributed by atoms with van der Waals surface area (Å²) >= 11 is 4.85. The van der Waals surface area contributed by atoms with Crippen LogP contribution in [0.25, 0.3) is 0 Å². The minimum absolute atomic E-state index is 0.278. The van der Waals surface area contributed by atoms with E-state index in [-0.39, 0.29) is 5.11 Å². The molecule has 0 aliphatic rings. The predicted octanol–water partition coefficient (Wildman–Crippen LogP) is 2.45. The molecule has 1 atom stereocenters. The zero-order valence-corrected chi connectivity index (χ0v) is 9.93. The normalized spacial score (nSPS) is 13.8. The molecule has 0 aromatic carbocycles. The van der Waals surface area contributed by atoms with Gasteiger partial charge in [-0.2, -0.15) is 13.2 Å². The second-order valence-electron chi connectivity index (χ2n) is 3.97. The van der Waals surface area contributed by atoms with Crippen molar-refractivity contribution in [3.8, 4) is 0 Å². The Balaban J connectivity index is 3.77. The van der Waals surface area contributed by atoms with Crippen molar-refractivity contribution in [2.45, 2.75) is 39.4 Å². The largest absolute Gasteiger partial charge is 0.391 e. The molecule has 0 aliphatic heterocycles. The fourth-order valence-corrected chi connectivity index (χ4v) is 1.25. The van der Waals surface area contributed by atoms with E-state index in [1.54, 1.807) is 0 Å². The van der Waals surface area contributed by atoms with E-state index in [4.69, 9.17) is 12.2 Å². The zero-order chi connectivity index (χ0) is 12.1. The molecule has 0 aliphatic carbocycles. The van der Waals surface area contributed by atoms with Gasteiger partial charge in [0.1, 0.15) is 0 Å². The highest BCUT2D eigenvalue weighted by Crippen LogP contribution is 2.21. The van der Waals surface area contributed by atoms with Crippen LogP contribution in [0.1, 0.15) is 27.2 Å². The minimum Gasteiger partial charge on any atom is -0.362 e. The molecule has 1 unspecified atom stereocenters. The summed E-state index contributed by atoms with van der Waals surface area (Å²) in [6.45, 7) is 6.10. The van der Waals surface area contributed by atoms with Crippen LogP contribution in [-0.4, -0.2) is 23.9 Å². The molecular weight excluding hydrogens is 225 g/mol. The third-order valence-electron chi connectivity index (χ3n) is 1.59. The van der Waals surface area contributed by atoms with Crippen molar-refractivity contribution in [3.63, 3.8) is 0 Å². The fourth-order valence-electron chi connectivity index (χ4n) is 0.970. The maximum absolute atomic E-state index is 12.0. The highest BCUT2D eigenvalue weighted by molar-refractivity contribution is 7.80. The van der Waals surface area contributed by atoms with Gasteiger partial charge < -0.3 is 10.6 Å². The van der Waals surface area contributed by atoms with E-state index >= 15 is 0 Å². The Morgan fingerprint density at radius 1 is 1.27 bits per heavy atom. The Morgan fingerprint density at radius 2 is 1.80 bits per heavy atom. The van der Waals surface area contributed by atoms with E-state index in [0.29, 0.717) is 12.5 Å². The van der Waals surface area contributed by atoms with Crippen LogP contribution in [0.5, 0.6) is 0 Å². The number of hydrogen-bond donors (Lipinski definition) is 2. The van der Waals surface area contributed by atoms with Gasteiger partial charge >= 0.3 is 6.18 Å². The number of halogens is 3. The predicted molar refractivity (Wildman–Crippen MR) is 58.7 cm³/mol. The Bertz CT molecular complexity index is 204. The molecule has 6 heteroatoms. The number of rotatable bonds is 4. The smallest absolute Gasteiger partial charge is 0.362 e. The first-order valence-corrected chi connectivity index (χ1v) is 5.22. The van der Waals surface area contributed by atoms with Crippen LogP contribution in [0.15, 0.2) is 0 Å². The van der Waals surface area contributed by atoms with Gasteiger partial charge in [-0.25, -0.2) is 0 Å². The van der Waals surface area contributed by atoms with Gasteiger partial charge in [-0.05, 0) is 25.1 Å². The third-order valence-corrected chi connectivity index (χ3v) is 1.85. The summed E-state index contributed by atoms with van der Waals surface area (Å²) in [7, 11) is 0. The van der Waals surface area contributed by atoms with E-state index in [1.807, 2.05) is 13.8 Å². The maximum Gasteiger partial charge on any atom is 0.391 e. The minimum atomic E-state index is -4.15. The average molecular weight is 242 g/mol. The molecule has 0 saturated carbocycles. The Hall–Kier alpha value is -0.520. The quantitative estimate of drug-likeness (QED) is 0.740. The van der Waals surface area contributed by atoms with E-state index in [2.05, 4.69) is 10.6 Å². The summed E-state index contributed by atoms with van der Waals surface area (Å²) in [6.07, 6.45) is -5.03. The second kappa shape index (κ2) is 6.15. The molecular formula is C9H17F3N2S. The fraction of sp³-hybridized carbons (Fsp3) is 0.889. The lowest BCUT2D eigenvalue weighted by Gasteiger charge is -2.18. The first kappa shape index (κ1) is 14.5. The molecule has 15 heavy (non-hydrogen) atoms. The molecule has 0 bridgehead atoms. The van der Waals surface area contributed by atoms with E-state index in [1.165, 1.54) is 6.92 Å². The van der Waals surface area contributed by atoms with Crippen molar-refractivity contribution >= 4 is 17.3 Å². The first-order valence-electron chi connectivity index (χ1n) is 4.82. The summed E-state index contributed by atoms with van der Waals surface area (Å²) in [5.74, 6) is 0.405. The van der Waals surface area contributed by atoms with Crippen LogP contribution in [-0.2, 0) is 0 Å². The highest BCUT2D eigenvalue weighted by atomic mass is 32.1. The SMILES string of the molecule is CC(C)CNC(=S)NC(C)CC(F)(F)F. The second-order valence-corrected chi connectivity index (χ2v) is 4.38. The molecule has 0 aromatic heterocycles. The van der Waals surface area contributed by atoms with E-state index < -0.39 is 18.6 Å². The van der Waals surface area contributed by atoms with Gasteiger partial charge in [0.25, 0.3) is 0 Å². The monoisotopic (exact) mass is 242 g/mol. The van der Waals surface area contributed by atoms with Crippen LogP contribution < -0.4 is 10.6 Å². The number of hydrogen-bond acceptors (Lipinski definition) is 1. The molecule has 0 saturated heterocycles. The maximum atomic E-state index is 12.0. The lowest BCUT2D eigenvalue weighted by molar-refractivity contribution is -0.138. The van der Waals surface area contributed by atoms with Gasteiger partial charge in [-0.1, -0.05) is 13.8 Å². The van der Waals surface area contributed by atoms with Crippen LogP contribution >= 0.6 is 12.2 Å². The Labute approximate surface area is 93.6 Å². The number of nitrogens with one attached hydrogen (secondary N) is 2. The van der Waals surface area contributed by atoms with Crippen molar-refractivity contribution in [1.29, 1.82) is 0 Å². The van der Waals surface area contributed by atoms with E-state index in [0.717, 1.165) is 0 Å². The van der Waals surface area contributed by atoms with E-state index in [9.17, 15) is 13.2 Å². The van der Waals surface area contributed by atoms with Gasteiger partial charge in [0.05, 0.1) is 6.42 Å². The molecule has 90 valence electrons. The lowest BCUT2D eigenvalue weighted by atomic mass is 10.2. The number of alkyl halides is 3. The summed E-state index contributed by atoms with van der Waals surface area (Å²) in [5.41, 5.74) is 0. The average Bonchev–Trinajstić information content (AvgIpc) is 1.96. The molecule has 0 rings (SSSR count). The van der Waals surface area contributed by atoms with Crippen LogP contribution in [0.4, 0.5) is 13.2 Å². The van der Waals surface area contributed by atoms with Crippen LogP contribution in [0.2, 0.25) is 0 Å². The summed E-state index contributed by atoms with van der Waals surface area (Å²) < 4.78 is 35.9. The van der Waals surface area contributed by atoms with Crippen LogP contribution in [0.3, 0.4) is 0 Å². The van der Waals surface area contributed by atoms with Gasteiger partial charge in [0.2, 0.25) is 0 Å². The van der Waals surface area contributed by atoms with Crippen LogP contribution in [0, 0.1) is 5.92 Å². The molecule has 0 spiro atoms. The first-order chi connectivity index (χ1) is 6.70. The van der Waals surface area contributed by atoms with Crippen molar-refractivity contribution in [2.24, 2.45) is 5.92 Å². The molecule has 0 fully saturated rings. The standard InChI is InChI=1S/C9H17F3N2S/c1-6(2)5-13-8(15)14-7(3)4-9(10,11)12/h6-7H,4-5H2,1-3H3,(H2,13,14,15). The van der Waals surface area contributed by atoms with Gasteiger partial charge in [0.15, 0.2) is 5.11 Å². The van der Waals surface area contributed by atoms with Gasteiger partial charge in [-0.3, -0.25) is 0 Å². The van der Waals surface area contributed by atoms with Crippen molar-refractivity contribution < 1.29 is 13.2 Å². The summed E-state index contributed by atoms with van der Waals surface area (Å²) in [4.78, 5) is 0. The summed E-state index contributed by atoms with van der Waals surface area (Å²) in [6, 6.07) is -0.697. The van der Waals surface area contributed by atoms with Gasteiger partial charge in [-0.15, -0.1) is 0 Å². The van der Waals surface area contributed by atoms with Crippen molar-refractivity contribution in [3.05, 3.63) is 0 Å². The molecule has 2 N–H and O–H groups in total. The van der Waals surface area contributed by atoms with Gasteiger partial charge in [0, 0.05) is 12.6 Å². The molecule has 0 radical (unpaired) electrons. The topological polar surface area (TPSA) is 24.1 Å². The molecule has 0 amide bonds. The Morgan fingerprint density at radius 3 is 2.20 bits per heavy atom. The zero-order valence-electron chi connectivity index (χ0n) is 9.11. The molecule has 0 aromatic rings. The molecule has 2 nitrogen and oxygen atoms in total. The molecule has 0 heterocycles. The highest BCUT2D eigenvalue weighted by Gasteiger charge is 2.30. The third kappa shape index (κ3) is 9.78. The lowest BCUT2D eigenvalue weighted by Crippen LogP contribution is -2.43. The van der Waals surface area contributed by atoms with Crippen molar-refractivity contribution in [1.82, 2.24) is 10.6 Å². The Kier molecular flexibility index (Phi) is 5.93. The number of thiocarbonyl (C=S) groups is 1. The summed E-state index contributed by atoms with van der Waals surface area (Å²) in [5, 5.41) is 5.72.